The van der Waals surface area contributed by atoms with Crippen molar-refractivity contribution in [3.63, 3.8) is 0 Å². The molecule has 0 aromatic rings. The molecule has 23 heavy (non-hydrogen) atoms. The van der Waals surface area contributed by atoms with Crippen molar-refractivity contribution in [2.75, 3.05) is 26.7 Å². The predicted octanol–water partition coefficient (Wildman–Crippen LogP) is 1.84. The van der Waals surface area contributed by atoms with Gasteiger partial charge in [-0.25, -0.2) is 0 Å². The average Bonchev–Trinajstić information content (AvgIpc) is 2.51. The summed E-state index contributed by atoms with van der Waals surface area (Å²) in [4.78, 5) is 38.7. The summed E-state index contributed by atoms with van der Waals surface area (Å²) in [5, 5.41) is 9.08. The zero-order valence-corrected chi connectivity index (χ0v) is 14.7. The number of carboxylic acids is 1. The summed E-state index contributed by atoms with van der Waals surface area (Å²) in [6, 6.07) is 0. The third-order valence-corrected chi connectivity index (χ3v) is 4.83. The zero-order valence-electron chi connectivity index (χ0n) is 14.7. The largest absolute Gasteiger partial charge is 0.481 e. The smallest absolute Gasteiger partial charge is 0.308 e. The molecule has 6 nitrogen and oxygen atoms in total. The van der Waals surface area contributed by atoms with Crippen LogP contribution in [0.5, 0.6) is 0 Å². The van der Waals surface area contributed by atoms with E-state index in [0.29, 0.717) is 37.6 Å². The SMILES string of the molecule is CCC(CC(=O)N(C)CC(=O)N1CCCC(C(=O)O)C1)C(C)C. The fourth-order valence-corrected chi connectivity index (χ4v) is 3.03. The van der Waals surface area contributed by atoms with Crippen LogP contribution in [0.25, 0.3) is 0 Å². The van der Waals surface area contributed by atoms with Crippen molar-refractivity contribution >= 4 is 17.8 Å². The van der Waals surface area contributed by atoms with E-state index in [1.54, 1.807) is 11.9 Å². The average molecular weight is 326 g/mol. The standard InChI is InChI=1S/C17H30N2O4/c1-5-13(12(2)3)9-15(20)18(4)11-16(21)19-8-6-7-14(10-19)17(22)23/h12-14H,5-11H2,1-4H3,(H,22,23). The van der Waals surface area contributed by atoms with Gasteiger partial charge in [-0.2, -0.15) is 0 Å². The van der Waals surface area contributed by atoms with E-state index in [4.69, 9.17) is 5.11 Å². The first-order chi connectivity index (χ1) is 10.8. The van der Waals surface area contributed by atoms with Crippen LogP contribution in [0.2, 0.25) is 0 Å². The molecule has 2 unspecified atom stereocenters. The van der Waals surface area contributed by atoms with E-state index in [-0.39, 0.29) is 24.9 Å². The molecular weight excluding hydrogens is 296 g/mol. The van der Waals surface area contributed by atoms with Crippen molar-refractivity contribution in [1.29, 1.82) is 0 Å². The monoisotopic (exact) mass is 326 g/mol. The summed E-state index contributed by atoms with van der Waals surface area (Å²) in [6.07, 6.45) is 2.71. The molecule has 0 radical (unpaired) electrons. The van der Waals surface area contributed by atoms with Crippen molar-refractivity contribution in [3.05, 3.63) is 0 Å². The van der Waals surface area contributed by atoms with Gasteiger partial charge in [0.15, 0.2) is 0 Å². The van der Waals surface area contributed by atoms with E-state index in [1.807, 2.05) is 0 Å². The molecule has 0 spiro atoms. The second-order valence-electron chi connectivity index (χ2n) is 6.88. The molecule has 0 aromatic carbocycles. The number of hydrogen-bond acceptors (Lipinski definition) is 3. The summed E-state index contributed by atoms with van der Waals surface area (Å²) in [7, 11) is 1.64. The van der Waals surface area contributed by atoms with Crippen LogP contribution in [0.4, 0.5) is 0 Å². The van der Waals surface area contributed by atoms with Gasteiger partial charge in [0.2, 0.25) is 11.8 Å². The normalized spacial score (nSPS) is 19.5. The number of amides is 2. The lowest BCUT2D eigenvalue weighted by Gasteiger charge is -2.32. The van der Waals surface area contributed by atoms with Crippen LogP contribution in [0.15, 0.2) is 0 Å². The topological polar surface area (TPSA) is 77.9 Å². The first kappa shape index (κ1) is 19.5. The number of likely N-dealkylation sites (N-methyl/N-ethyl adjacent to an activating group) is 1. The van der Waals surface area contributed by atoms with E-state index in [2.05, 4.69) is 20.8 Å². The minimum Gasteiger partial charge on any atom is -0.481 e. The Kier molecular flexibility index (Phi) is 7.52. The fourth-order valence-electron chi connectivity index (χ4n) is 3.03. The highest BCUT2D eigenvalue weighted by Crippen LogP contribution is 2.20. The Morgan fingerprint density at radius 2 is 1.96 bits per heavy atom. The van der Waals surface area contributed by atoms with Crippen LogP contribution < -0.4 is 0 Å². The molecule has 0 aliphatic carbocycles. The molecule has 132 valence electrons. The van der Waals surface area contributed by atoms with Crippen LogP contribution in [-0.4, -0.2) is 59.4 Å². The van der Waals surface area contributed by atoms with Crippen molar-refractivity contribution in [2.45, 2.75) is 46.5 Å². The van der Waals surface area contributed by atoms with Crippen LogP contribution in [-0.2, 0) is 14.4 Å². The van der Waals surface area contributed by atoms with Gasteiger partial charge in [0.1, 0.15) is 0 Å². The maximum absolute atomic E-state index is 12.3. The van der Waals surface area contributed by atoms with E-state index in [0.717, 1.165) is 6.42 Å². The molecule has 1 N–H and O–H groups in total. The number of aliphatic carboxylic acids is 1. The lowest BCUT2D eigenvalue weighted by atomic mass is 9.90. The van der Waals surface area contributed by atoms with Gasteiger partial charge in [-0.05, 0) is 24.7 Å². The number of hydrogen-bond donors (Lipinski definition) is 1. The predicted molar refractivity (Wildman–Crippen MR) is 87.8 cm³/mol. The quantitative estimate of drug-likeness (QED) is 0.774. The summed E-state index contributed by atoms with van der Waals surface area (Å²) in [5.41, 5.74) is 0. The third kappa shape index (κ3) is 5.84. The molecule has 1 heterocycles. The molecule has 0 bridgehead atoms. The molecule has 0 saturated carbocycles. The number of carbonyl (C=O) groups is 3. The lowest BCUT2D eigenvalue weighted by Crippen LogP contribution is -2.47. The van der Waals surface area contributed by atoms with Gasteiger partial charge in [0.25, 0.3) is 0 Å². The van der Waals surface area contributed by atoms with Crippen LogP contribution >= 0.6 is 0 Å². The molecule has 1 aliphatic rings. The zero-order chi connectivity index (χ0) is 17.6. The van der Waals surface area contributed by atoms with Gasteiger partial charge < -0.3 is 14.9 Å². The Hall–Kier alpha value is -1.59. The Morgan fingerprint density at radius 1 is 1.30 bits per heavy atom. The summed E-state index contributed by atoms with van der Waals surface area (Å²) < 4.78 is 0. The van der Waals surface area contributed by atoms with E-state index in [9.17, 15) is 14.4 Å². The number of carboxylic acid groups (broad SMARTS) is 1. The maximum atomic E-state index is 12.3. The van der Waals surface area contributed by atoms with Crippen LogP contribution in [0.1, 0.15) is 46.5 Å². The van der Waals surface area contributed by atoms with Crippen molar-refractivity contribution in [1.82, 2.24) is 9.80 Å². The first-order valence-corrected chi connectivity index (χ1v) is 8.50. The number of rotatable bonds is 7. The van der Waals surface area contributed by atoms with Gasteiger partial charge in [-0.3, -0.25) is 14.4 Å². The first-order valence-electron chi connectivity index (χ1n) is 8.50. The van der Waals surface area contributed by atoms with E-state index >= 15 is 0 Å². The molecule has 1 fully saturated rings. The second-order valence-corrected chi connectivity index (χ2v) is 6.88. The minimum absolute atomic E-state index is 0.0225. The van der Waals surface area contributed by atoms with E-state index < -0.39 is 11.9 Å². The molecule has 2 atom stereocenters. The summed E-state index contributed by atoms with van der Waals surface area (Å²) in [6.45, 7) is 7.13. The van der Waals surface area contributed by atoms with Crippen molar-refractivity contribution in [3.8, 4) is 0 Å². The van der Waals surface area contributed by atoms with Gasteiger partial charge in [0, 0.05) is 26.6 Å². The summed E-state index contributed by atoms with van der Waals surface area (Å²) in [5.74, 6) is -0.762. The summed E-state index contributed by atoms with van der Waals surface area (Å²) >= 11 is 0. The Labute approximate surface area is 138 Å². The Bertz CT molecular complexity index is 436. The molecule has 1 saturated heterocycles. The Balaban J connectivity index is 2.52. The van der Waals surface area contributed by atoms with Gasteiger partial charge in [-0.1, -0.05) is 27.2 Å². The highest BCUT2D eigenvalue weighted by molar-refractivity contribution is 5.85. The second kappa shape index (κ2) is 8.89. The number of piperidine rings is 1. The molecule has 2 amide bonds. The molecule has 6 heteroatoms. The maximum Gasteiger partial charge on any atom is 0.308 e. The van der Waals surface area contributed by atoms with Gasteiger partial charge in [-0.15, -0.1) is 0 Å². The molecule has 1 rings (SSSR count). The highest BCUT2D eigenvalue weighted by atomic mass is 16.4. The number of likely N-dealkylation sites (tertiary alicyclic amines) is 1. The highest BCUT2D eigenvalue weighted by Gasteiger charge is 2.29. The minimum atomic E-state index is -0.852. The van der Waals surface area contributed by atoms with Crippen LogP contribution in [0.3, 0.4) is 0 Å². The van der Waals surface area contributed by atoms with Crippen molar-refractivity contribution in [2.24, 2.45) is 17.8 Å². The fraction of sp³-hybridized carbons (Fsp3) is 0.824. The number of carbonyl (C=O) groups excluding carboxylic acids is 2. The van der Waals surface area contributed by atoms with Gasteiger partial charge in [0.05, 0.1) is 12.5 Å². The molecular formula is C17H30N2O4. The third-order valence-electron chi connectivity index (χ3n) is 4.83. The van der Waals surface area contributed by atoms with Crippen molar-refractivity contribution < 1.29 is 19.5 Å². The van der Waals surface area contributed by atoms with E-state index in [1.165, 1.54) is 4.90 Å². The van der Waals surface area contributed by atoms with Crippen LogP contribution in [0, 0.1) is 17.8 Å². The molecule has 1 aliphatic heterocycles. The lowest BCUT2D eigenvalue weighted by molar-refractivity contribution is -0.147. The van der Waals surface area contributed by atoms with Gasteiger partial charge >= 0.3 is 5.97 Å². The Morgan fingerprint density at radius 3 is 2.48 bits per heavy atom. The number of nitrogens with zero attached hydrogens (tertiary/aromatic N) is 2. The molecule has 0 aromatic heterocycles.